The van der Waals surface area contributed by atoms with Crippen LogP contribution in [0.2, 0.25) is 0 Å². The van der Waals surface area contributed by atoms with Gasteiger partial charge in [-0.25, -0.2) is 4.39 Å². The lowest BCUT2D eigenvalue weighted by molar-refractivity contribution is 0.239. The van der Waals surface area contributed by atoms with E-state index < -0.39 is 0 Å². The van der Waals surface area contributed by atoms with Crippen molar-refractivity contribution in [2.75, 3.05) is 6.54 Å². The Morgan fingerprint density at radius 1 is 1.31 bits per heavy atom. The van der Waals surface area contributed by atoms with Crippen LogP contribution in [0.15, 0.2) is 18.5 Å². The van der Waals surface area contributed by atoms with Crippen LogP contribution in [-0.4, -0.2) is 17.6 Å². The molecule has 2 nitrogen and oxygen atoms in total. The van der Waals surface area contributed by atoms with Gasteiger partial charge in [0.25, 0.3) is 0 Å². The molecule has 1 N–H and O–H groups in total. The van der Waals surface area contributed by atoms with E-state index in [0.29, 0.717) is 11.8 Å². The van der Waals surface area contributed by atoms with Crippen LogP contribution in [-0.2, 0) is 0 Å². The highest BCUT2D eigenvalue weighted by Gasteiger charge is 2.34. The Labute approximate surface area is 95.3 Å². The summed E-state index contributed by atoms with van der Waals surface area (Å²) in [5, 5.41) is 3.54. The third-order valence-electron chi connectivity index (χ3n) is 3.87. The zero-order valence-electron chi connectivity index (χ0n) is 9.32. The summed E-state index contributed by atoms with van der Waals surface area (Å²) in [5.74, 6) is 0.898. The monoisotopic (exact) mass is 220 g/mol. The van der Waals surface area contributed by atoms with Gasteiger partial charge in [0.05, 0.1) is 6.20 Å². The first-order valence-corrected chi connectivity index (χ1v) is 6.17. The van der Waals surface area contributed by atoms with Gasteiger partial charge in [-0.1, -0.05) is 0 Å². The molecule has 3 rings (SSSR count). The summed E-state index contributed by atoms with van der Waals surface area (Å²) in [6.45, 7) is 1.05. The molecule has 2 saturated carbocycles. The minimum Gasteiger partial charge on any atom is -0.314 e. The molecular weight excluding hydrogens is 203 g/mol. The van der Waals surface area contributed by atoms with Crippen molar-refractivity contribution in [3.05, 3.63) is 29.8 Å². The minimum atomic E-state index is -0.136. The SMILES string of the molecule is Fc1cnccc1C1CCC1CNC1CC1. The van der Waals surface area contributed by atoms with Crippen molar-refractivity contribution >= 4 is 0 Å². The van der Waals surface area contributed by atoms with Crippen LogP contribution >= 0.6 is 0 Å². The molecule has 2 aliphatic rings. The van der Waals surface area contributed by atoms with Gasteiger partial charge in [0.1, 0.15) is 5.82 Å². The Kier molecular flexibility index (Phi) is 2.64. The van der Waals surface area contributed by atoms with Crippen LogP contribution in [0.4, 0.5) is 4.39 Å². The van der Waals surface area contributed by atoms with Gasteiger partial charge in [-0.15, -0.1) is 0 Å². The van der Waals surface area contributed by atoms with Gasteiger partial charge in [0.15, 0.2) is 0 Å². The van der Waals surface area contributed by atoms with Crippen LogP contribution in [0.3, 0.4) is 0 Å². The van der Waals surface area contributed by atoms with Gasteiger partial charge in [0.2, 0.25) is 0 Å². The van der Waals surface area contributed by atoms with E-state index in [0.717, 1.165) is 24.6 Å². The number of rotatable bonds is 4. The highest BCUT2D eigenvalue weighted by atomic mass is 19.1. The summed E-state index contributed by atoms with van der Waals surface area (Å²) in [6.07, 6.45) is 8.02. The molecular formula is C13H17FN2. The molecule has 2 atom stereocenters. The van der Waals surface area contributed by atoms with Crippen LogP contribution in [0.5, 0.6) is 0 Å². The van der Waals surface area contributed by atoms with Crippen molar-refractivity contribution in [3.8, 4) is 0 Å². The van der Waals surface area contributed by atoms with Crippen molar-refractivity contribution in [1.29, 1.82) is 0 Å². The molecule has 0 bridgehead atoms. The van der Waals surface area contributed by atoms with E-state index in [9.17, 15) is 4.39 Å². The Bertz CT molecular complexity index is 376. The van der Waals surface area contributed by atoms with Crippen molar-refractivity contribution in [2.45, 2.75) is 37.6 Å². The third kappa shape index (κ3) is 1.96. The summed E-state index contributed by atoms with van der Waals surface area (Å²) in [6, 6.07) is 2.59. The number of pyridine rings is 1. The Morgan fingerprint density at radius 2 is 2.19 bits per heavy atom. The van der Waals surface area contributed by atoms with Crippen LogP contribution in [0, 0.1) is 11.7 Å². The summed E-state index contributed by atoms with van der Waals surface area (Å²) in [4.78, 5) is 3.80. The van der Waals surface area contributed by atoms with Crippen molar-refractivity contribution in [3.63, 3.8) is 0 Å². The average Bonchev–Trinajstić information content (AvgIpc) is 3.04. The topological polar surface area (TPSA) is 24.9 Å². The molecule has 1 aromatic heterocycles. The lowest BCUT2D eigenvalue weighted by atomic mass is 9.70. The lowest BCUT2D eigenvalue weighted by Crippen LogP contribution is -2.35. The first-order chi connectivity index (χ1) is 7.84. The van der Waals surface area contributed by atoms with Crippen molar-refractivity contribution in [2.24, 2.45) is 5.92 Å². The number of nitrogens with one attached hydrogen (secondary N) is 1. The highest BCUT2D eigenvalue weighted by molar-refractivity contribution is 5.21. The molecule has 0 aliphatic heterocycles. The minimum absolute atomic E-state index is 0.136. The smallest absolute Gasteiger partial charge is 0.144 e. The molecule has 16 heavy (non-hydrogen) atoms. The molecule has 0 radical (unpaired) electrons. The van der Waals surface area contributed by atoms with E-state index in [1.807, 2.05) is 6.07 Å². The van der Waals surface area contributed by atoms with Crippen molar-refractivity contribution < 1.29 is 4.39 Å². The second kappa shape index (κ2) is 4.13. The number of hydrogen-bond acceptors (Lipinski definition) is 2. The fourth-order valence-corrected chi connectivity index (χ4v) is 2.51. The molecule has 1 aromatic rings. The average molecular weight is 220 g/mol. The van der Waals surface area contributed by atoms with Gasteiger partial charge < -0.3 is 5.32 Å². The Hall–Kier alpha value is -0.960. The molecule has 3 heteroatoms. The fourth-order valence-electron chi connectivity index (χ4n) is 2.51. The molecule has 86 valence electrons. The van der Waals surface area contributed by atoms with Crippen LogP contribution in [0.25, 0.3) is 0 Å². The maximum atomic E-state index is 13.6. The number of nitrogens with zero attached hydrogens (tertiary/aromatic N) is 1. The molecule has 0 spiro atoms. The third-order valence-corrected chi connectivity index (χ3v) is 3.87. The molecule has 2 fully saturated rings. The summed E-state index contributed by atoms with van der Waals surface area (Å²) in [5.41, 5.74) is 0.865. The van der Waals surface area contributed by atoms with E-state index in [1.54, 1.807) is 6.20 Å². The van der Waals surface area contributed by atoms with Crippen molar-refractivity contribution in [1.82, 2.24) is 10.3 Å². The van der Waals surface area contributed by atoms with Gasteiger partial charge in [-0.3, -0.25) is 4.98 Å². The zero-order chi connectivity index (χ0) is 11.0. The Balaban J connectivity index is 1.63. The Morgan fingerprint density at radius 3 is 2.81 bits per heavy atom. The van der Waals surface area contributed by atoms with Crippen LogP contribution in [0.1, 0.15) is 37.2 Å². The molecule has 0 amide bonds. The van der Waals surface area contributed by atoms with E-state index in [2.05, 4.69) is 10.3 Å². The second-order valence-corrected chi connectivity index (χ2v) is 5.02. The summed E-state index contributed by atoms with van der Waals surface area (Å²) >= 11 is 0. The number of halogens is 1. The predicted octanol–water partition coefficient (Wildman–Crippen LogP) is 2.47. The fraction of sp³-hybridized carbons (Fsp3) is 0.615. The first-order valence-electron chi connectivity index (χ1n) is 6.17. The quantitative estimate of drug-likeness (QED) is 0.843. The van der Waals surface area contributed by atoms with E-state index in [1.165, 1.54) is 25.5 Å². The van der Waals surface area contributed by atoms with Gasteiger partial charge >= 0.3 is 0 Å². The normalized spacial score (nSPS) is 28.8. The van der Waals surface area contributed by atoms with E-state index in [-0.39, 0.29) is 5.82 Å². The zero-order valence-corrected chi connectivity index (χ0v) is 9.32. The first kappa shape index (κ1) is 10.2. The van der Waals surface area contributed by atoms with Gasteiger partial charge in [-0.05, 0) is 55.7 Å². The van der Waals surface area contributed by atoms with Gasteiger partial charge in [-0.2, -0.15) is 0 Å². The molecule has 1 heterocycles. The summed E-state index contributed by atoms with van der Waals surface area (Å²) in [7, 11) is 0. The number of aromatic nitrogens is 1. The highest BCUT2D eigenvalue weighted by Crippen LogP contribution is 2.43. The maximum Gasteiger partial charge on any atom is 0.144 e. The molecule has 0 saturated heterocycles. The lowest BCUT2D eigenvalue weighted by Gasteiger charge is -2.37. The molecule has 2 unspecified atom stereocenters. The summed E-state index contributed by atoms with van der Waals surface area (Å²) < 4.78 is 13.6. The predicted molar refractivity (Wildman–Crippen MR) is 60.7 cm³/mol. The number of hydrogen-bond donors (Lipinski definition) is 1. The largest absolute Gasteiger partial charge is 0.314 e. The maximum absolute atomic E-state index is 13.6. The van der Waals surface area contributed by atoms with E-state index in [4.69, 9.17) is 0 Å². The standard InChI is InChI=1S/C13H17FN2/c14-13-8-15-6-5-12(13)11-4-1-9(11)7-16-10-2-3-10/h5-6,8-11,16H,1-4,7H2. The molecule has 0 aromatic carbocycles. The molecule has 2 aliphatic carbocycles. The second-order valence-electron chi connectivity index (χ2n) is 5.02. The van der Waals surface area contributed by atoms with E-state index >= 15 is 0 Å². The van der Waals surface area contributed by atoms with Crippen LogP contribution < -0.4 is 5.32 Å². The van der Waals surface area contributed by atoms with Gasteiger partial charge in [0, 0.05) is 12.2 Å².